The van der Waals surface area contributed by atoms with Crippen LogP contribution >= 0.6 is 11.3 Å². The third-order valence-electron chi connectivity index (χ3n) is 4.27. The number of nitrogens with one attached hydrogen (secondary N) is 1. The van der Waals surface area contributed by atoms with Crippen LogP contribution in [-0.2, 0) is 6.42 Å². The van der Waals surface area contributed by atoms with Crippen LogP contribution in [0.2, 0.25) is 0 Å². The lowest BCUT2D eigenvalue weighted by molar-refractivity contribution is 1.14. The molecule has 130 valence electrons. The van der Waals surface area contributed by atoms with Gasteiger partial charge in [0.25, 0.3) is 0 Å². The Hall–Kier alpha value is -2.90. The van der Waals surface area contributed by atoms with E-state index < -0.39 is 0 Å². The fourth-order valence-electron chi connectivity index (χ4n) is 2.71. The number of aromatic nitrogens is 1. The molecule has 3 rings (SSSR count). The summed E-state index contributed by atoms with van der Waals surface area (Å²) in [4.78, 5) is 4.64. The van der Waals surface area contributed by atoms with Crippen LogP contribution in [0.25, 0.3) is 16.8 Å². The van der Waals surface area contributed by atoms with Crippen molar-refractivity contribution in [2.75, 3.05) is 5.32 Å². The number of rotatable bonds is 5. The molecule has 0 spiro atoms. The highest BCUT2D eigenvalue weighted by atomic mass is 32.1. The molecule has 0 radical (unpaired) electrons. The Morgan fingerprint density at radius 2 is 1.96 bits per heavy atom. The number of hydrogen-bond acceptors (Lipinski definition) is 4. The largest absolute Gasteiger partial charge is 0.360 e. The van der Waals surface area contributed by atoms with Crippen LogP contribution in [0.15, 0.2) is 54.0 Å². The number of aryl methyl sites for hydroxylation is 3. The van der Waals surface area contributed by atoms with Gasteiger partial charge in [-0.05, 0) is 37.5 Å². The molecule has 0 aliphatic carbocycles. The first kappa shape index (κ1) is 17.9. The van der Waals surface area contributed by atoms with Crippen LogP contribution in [0.5, 0.6) is 0 Å². The summed E-state index contributed by atoms with van der Waals surface area (Å²) in [6.45, 7) is 6.26. The predicted molar refractivity (Wildman–Crippen MR) is 110 cm³/mol. The second-order valence-electron chi connectivity index (χ2n) is 6.22. The highest BCUT2D eigenvalue weighted by Crippen LogP contribution is 2.27. The molecule has 0 amide bonds. The van der Waals surface area contributed by atoms with Crippen LogP contribution in [0, 0.1) is 25.2 Å². The highest BCUT2D eigenvalue weighted by Gasteiger charge is 2.09. The normalized spacial score (nSPS) is 11.2. The molecule has 1 aromatic heterocycles. The van der Waals surface area contributed by atoms with E-state index in [-0.39, 0.29) is 0 Å². The first-order valence-electron chi connectivity index (χ1n) is 8.60. The van der Waals surface area contributed by atoms with Crippen LogP contribution in [0.3, 0.4) is 0 Å². The van der Waals surface area contributed by atoms with Crippen molar-refractivity contribution in [3.8, 4) is 17.3 Å². The molecule has 26 heavy (non-hydrogen) atoms. The van der Waals surface area contributed by atoms with E-state index in [0.29, 0.717) is 5.57 Å². The maximum Gasteiger partial charge on any atom is 0.136 e. The average molecular weight is 359 g/mol. The zero-order chi connectivity index (χ0) is 18.5. The Balaban J connectivity index is 1.82. The van der Waals surface area contributed by atoms with Crippen molar-refractivity contribution >= 4 is 22.6 Å². The van der Waals surface area contributed by atoms with Gasteiger partial charge >= 0.3 is 0 Å². The molecule has 0 saturated carbocycles. The summed E-state index contributed by atoms with van der Waals surface area (Å²) in [6.07, 6.45) is 2.76. The van der Waals surface area contributed by atoms with Gasteiger partial charge in [0.1, 0.15) is 16.6 Å². The average Bonchev–Trinajstić information content (AvgIpc) is 3.14. The third-order valence-corrected chi connectivity index (χ3v) is 5.14. The minimum absolute atomic E-state index is 0.534. The molecule has 2 aromatic carbocycles. The molecule has 0 aliphatic heterocycles. The number of benzene rings is 2. The number of nitrogens with zero attached hydrogens (tertiary/aromatic N) is 2. The first-order chi connectivity index (χ1) is 12.6. The van der Waals surface area contributed by atoms with E-state index >= 15 is 0 Å². The van der Waals surface area contributed by atoms with Crippen LogP contribution < -0.4 is 5.32 Å². The van der Waals surface area contributed by atoms with Gasteiger partial charge in [0.15, 0.2) is 0 Å². The maximum absolute atomic E-state index is 9.53. The van der Waals surface area contributed by atoms with Gasteiger partial charge in [0, 0.05) is 22.8 Å². The molecule has 1 N–H and O–H groups in total. The van der Waals surface area contributed by atoms with Gasteiger partial charge in [-0.25, -0.2) is 4.98 Å². The highest BCUT2D eigenvalue weighted by molar-refractivity contribution is 7.11. The second kappa shape index (κ2) is 7.99. The molecule has 4 heteroatoms. The van der Waals surface area contributed by atoms with E-state index in [9.17, 15) is 5.26 Å². The summed E-state index contributed by atoms with van der Waals surface area (Å²) < 4.78 is 0. The standard InChI is InChI=1S/C22H21N3S/c1-4-17-6-8-18(9-7-17)21-14-26-22(25-21)19(12-23)13-24-20-10-5-15(2)11-16(20)3/h5-11,13-14,24H,4H2,1-3H3. The van der Waals surface area contributed by atoms with Gasteiger partial charge in [0.05, 0.1) is 5.69 Å². The fourth-order valence-corrected chi connectivity index (χ4v) is 3.50. The lowest BCUT2D eigenvalue weighted by atomic mass is 10.1. The smallest absolute Gasteiger partial charge is 0.136 e. The van der Waals surface area contributed by atoms with Crippen LogP contribution in [0.4, 0.5) is 5.69 Å². The molecule has 1 heterocycles. The van der Waals surface area contributed by atoms with Crippen LogP contribution in [-0.4, -0.2) is 4.98 Å². The van der Waals surface area contributed by atoms with Crippen molar-refractivity contribution in [1.29, 1.82) is 5.26 Å². The van der Waals surface area contributed by atoms with E-state index in [2.05, 4.69) is 73.5 Å². The molecule has 0 bridgehead atoms. The maximum atomic E-state index is 9.53. The van der Waals surface area contributed by atoms with Gasteiger partial charge in [-0.15, -0.1) is 11.3 Å². The predicted octanol–water partition coefficient (Wildman–Crippen LogP) is 5.97. The van der Waals surface area contributed by atoms with Crippen molar-refractivity contribution < 1.29 is 0 Å². The zero-order valence-corrected chi connectivity index (χ0v) is 16.0. The van der Waals surface area contributed by atoms with E-state index in [1.807, 2.05) is 11.4 Å². The zero-order valence-electron chi connectivity index (χ0n) is 15.2. The lowest BCUT2D eigenvalue weighted by Crippen LogP contribution is -1.94. The van der Waals surface area contributed by atoms with Crippen molar-refractivity contribution in [3.05, 3.63) is 75.7 Å². The van der Waals surface area contributed by atoms with Crippen molar-refractivity contribution in [1.82, 2.24) is 4.98 Å². The summed E-state index contributed by atoms with van der Waals surface area (Å²) in [6, 6.07) is 16.9. The molecule has 0 atom stereocenters. The Labute approximate surface area is 158 Å². The molecule has 3 aromatic rings. The number of anilines is 1. The Bertz CT molecular complexity index is 975. The first-order valence-corrected chi connectivity index (χ1v) is 9.48. The molecular weight excluding hydrogens is 338 g/mol. The van der Waals surface area contributed by atoms with Crippen molar-refractivity contribution in [2.24, 2.45) is 0 Å². The third kappa shape index (κ3) is 4.01. The number of allylic oxidation sites excluding steroid dienone is 1. The Morgan fingerprint density at radius 3 is 2.62 bits per heavy atom. The van der Waals surface area contributed by atoms with E-state index in [0.717, 1.165) is 33.9 Å². The molecule has 0 aliphatic rings. The summed E-state index contributed by atoms with van der Waals surface area (Å²) >= 11 is 1.49. The van der Waals surface area contributed by atoms with E-state index in [1.54, 1.807) is 6.20 Å². The fraction of sp³-hybridized carbons (Fsp3) is 0.182. The Morgan fingerprint density at radius 1 is 1.19 bits per heavy atom. The summed E-state index contributed by atoms with van der Waals surface area (Å²) in [5.41, 5.74) is 7.18. The molecule has 0 fully saturated rings. The molecule has 0 unspecified atom stereocenters. The molecule has 3 nitrogen and oxygen atoms in total. The number of thiazole rings is 1. The van der Waals surface area contributed by atoms with Gasteiger partial charge in [0.2, 0.25) is 0 Å². The van der Waals surface area contributed by atoms with E-state index in [1.165, 1.54) is 22.5 Å². The quantitative estimate of drug-likeness (QED) is 0.571. The van der Waals surface area contributed by atoms with Gasteiger partial charge in [-0.1, -0.05) is 48.9 Å². The minimum Gasteiger partial charge on any atom is -0.360 e. The number of nitriles is 1. The van der Waals surface area contributed by atoms with E-state index in [4.69, 9.17) is 0 Å². The van der Waals surface area contributed by atoms with Crippen molar-refractivity contribution in [2.45, 2.75) is 27.2 Å². The topological polar surface area (TPSA) is 48.7 Å². The Kier molecular flexibility index (Phi) is 5.50. The van der Waals surface area contributed by atoms with Crippen LogP contribution in [0.1, 0.15) is 28.6 Å². The summed E-state index contributed by atoms with van der Waals surface area (Å²) in [7, 11) is 0. The minimum atomic E-state index is 0.534. The van der Waals surface area contributed by atoms with Crippen molar-refractivity contribution in [3.63, 3.8) is 0 Å². The van der Waals surface area contributed by atoms with Gasteiger partial charge < -0.3 is 5.32 Å². The summed E-state index contributed by atoms with van der Waals surface area (Å²) in [5, 5.41) is 15.5. The molecule has 0 saturated heterocycles. The SMILES string of the molecule is CCc1ccc(-c2csc(C(C#N)=CNc3ccc(C)cc3C)n2)cc1. The monoisotopic (exact) mass is 359 g/mol. The molecular formula is C22H21N3S. The van der Waals surface area contributed by atoms with Gasteiger partial charge in [-0.3, -0.25) is 0 Å². The second-order valence-corrected chi connectivity index (χ2v) is 7.08. The number of hydrogen-bond donors (Lipinski definition) is 1. The lowest BCUT2D eigenvalue weighted by Gasteiger charge is -2.06. The van der Waals surface area contributed by atoms with Gasteiger partial charge in [-0.2, -0.15) is 5.26 Å². The summed E-state index contributed by atoms with van der Waals surface area (Å²) in [5.74, 6) is 0.